The number of pyridine rings is 1. The number of benzene rings is 8. The van der Waals surface area contributed by atoms with Crippen LogP contribution in [0.25, 0.3) is 27.6 Å². The number of rotatable bonds is 11. The predicted octanol–water partition coefficient (Wildman–Crippen LogP) is 20.1. The van der Waals surface area contributed by atoms with Crippen LogP contribution in [0.1, 0.15) is 154 Å². The van der Waals surface area contributed by atoms with Crippen LogP contribution >= 0.6 is 0 Å². The molecule has 80 heavy (non-hydrogen) atoms. The fourth-order valence-corrected chi connectivity index (χ4v) is 12.0. The van der Waals surface area contributed by atoms with Gasteiger partial charge < -0.3 is 14.5 Å². The monoisotopic (exact) mass is 1050 g/mol. The van der Waals surface area contributed by atoms with E-state index in [1.165, 1.54) is 72.2 Å². The summed E-state index contributed by atoms with van der Waals surface area (Å²) in [7, 11) is 0. The van der Waals surface area contributed by atoms with Crippen LogP contribution in [0.2, 0.25) is 0 Å². The van der Waals surface area contributed by atoms with Crippen molar-refractivity contribution in [3.63, 3.8) is 0 Å². The van der Waals surface area contributed by atoms with E-state index in [1.54, 1.807) is 0 Å². The zero-order chi connectivity index (χ0) is 56.7. The highest BCUT2D eigenvalue weighted by Crippen LogP contribution is 2.53. The highest BCUT2D eigenvalue weighted by molar-refractivity contribution is 6.10. The highest BCUT2D eigenvalue weighted by Gasteiger charge is 2.39. The van der Waals surface area contributed by atoms with Crippen molar-refractivity contribution >= 4 is 44.6 Å². The molecule has 11 rings (SSSR count). The van der Waals surface area contributed by atoms with E-state index >= 15 is 0 Å². The van der Waals surface area contributed by atoms with Crippen molar-refractivity contribution in [2.45, 2.75) is 136 Å². The van der Waals surface area contributed by atoms with Crippen molar-refractivity contribution in [3.05, 3.63) is 250 Å². The number of nitrogens with zero attached hydrogens (tertiary/aromatic N) is 4. The molecule has 10 aromatic rings. The van der Waals surface area contributed by atoms with Crippen LogP contribution < -0.4 is 14.5 Å². The van der Waals surface area contributed by atoms with E-state index in [0.717, 1.165) is 39.7 Å². The number of hydrogen-bond donors (Lipinski definition) is 0. The molecular weight excluding hydrogens is 973 g/mol. The molecule has 5 nitrogen and oxygen atoms in total. The standard InChI is InChI=1S/C75H80N4O/c1-70(2,3)53-34-37-65-62(43-53)61-36-35-60(46-66(61)79(65)69-44-54(38-39-76-69)71(4,5)6)80-59-33-25-32-57(45-59)77-49-78(58-41-55(72(7,8)9)40-56(42-58)73(10,11)50-26-19-16-20-27-50)68-48-64(75(14,15)52-30-23-18-24-31-52)63(47-67(68)77)74(12,13)51-28-21-17-22-29-51/h16-48H,49H2,1-15H3. The van der Waals surface area contributed by atoms with Crippen molar-refractivity contribution in [1.29, 1.82) is 0 Å². The molecule has 2 aromatic heterocycles. The number of hydrogen-bond acceptors (Lipinski definition) is 4. The maximum absolute atomic E-state index is 7.05. The molecular formula is C75H80N4O. The van der Waals surface area contributed by atoms with E-state index in [0.29, 0.717) is 6.67 Å². The quantitative estimate of drug-likeness (QED) is 0.129. The van der Waals surface area contributed by atoms with Crippen LogP contribution in [0, 0.1) is 0 Å². The van der Waals surface area contributed by atoms with E-state index in [2.05, 4.69) is 312 Å². The first-order valence-electron chi connectivity index (χ1n) is 28.7. The Balaban J connectivity index is 1.08. The fourth-order valence-electron chi connectivity index (χ4n) is 12.0. The molecule has 0 amide bonds. The Labute approximate surface area is 476 Å². The SMILES string of the molecule is CC(C)(C)c1cc(N2CN(c3cccc(Oc4ccc5c6cc(C(C)(C)C)ccc6n(-c6cc(C(C)(C)C)ccn6)c5c4)c3)c3cc(C(C)(C)c4ccccc4)c(C(C)(C)c4ccccc4)cc32)cc(C(C)(C)c2ccccc2)c1. The Morgan fingerprint density at radius 2 is 0.863 bits per heavy atom. The minimum Gasteiger partial charge on any atom is -0.457 e. The van der Waals surface area contributed by atoms with E-state index in [-0.39, 0.29) is 32.5 Å². The third kappa shape index (κ3) is 9.88. The second-order valence-corrected chi connectivity index (χ2v) is 27.1. The molecule has 0 aliphatic carbocycles. The maximum atomic E-state index is 7.05. The summed E-state index contributed by atoms with van der Waals surface area (Å²) in [5.41, 5.74) is 17.2. The number of anilines is 4. The van der Waals surface area contributed by atoms with Crippen molar-refractivity contribution < 1.29 is 4.74 Å². The third-order valence-electron chi connectivity index (χ3n) is 17.4. The molecule has 0 bridgehead atoms. The summed E-state index contributed by atoms with van der Waals surface area (Å²) in [6, 6.07) is 71.9. The molecule has 0 fully saturated rings. The molecule has 1 aliphatic rings. The van der Waals surface area contributed by atoms with Gasteiger partial charge in [0.25, 0.3) is 0 Å². The van der Waals surface area contributed by atoms with E-state index in [4.69, 9.17) is 9.72 Å². The lowest BCUT2D eigenvalue weighted by atomic mass is 9.68. The first-order chi connectivity index (χ1) is 37.8. The molecule has 8 aromatic carbocycles. The topological polar surface area (TPSA) is 33.5 Å². The summed E-state index contributed by atoms with van der Waals surface area (Å²) in [4.78, 5) is 10.1. The first-order valence-corrected chi connectivity index (χ1v) is 28.7. The second-order valence-electron chi connectivity index (χ2n) is 27.1. The molecule has 406 valence electrons. The molecule has 0 radical (unpaired) electrons. The molecule has 0 unspecified atom stereocenters. The smallest absolute Gasteiger partial charge is 0.137 e. The van der Waals surface area contributed by atoms with Gasteiger partial charge in [-0.2, -0.15) is 0 Å². The lowest BCUT2D eigenvalue weighted by Crippen LogP contribution is -2.28. The Bertz CT molecular complexity index is 3920. The highest BCUT2D eigenvalue weighted by atomic mass is 16.5. The summed E-state index contributed by atoms with van der Waals surface area (Å²) in [6.45, 7) is 35.5. The van der Waals surface area contributed by atoms with Crippen molar-refractivity contribution in [1.82, 2.24) is 9.55 Å². The predicted molar refractivity (Wildman–Crippen MR) is 339 cm³/mol. The van der Waals surface area contributed by atoms with Gasteiger partial charge in [0.15, 0.2) is 0 Å². The van der Waals surface area contributed by atoms with Crippen LogP contribution in [-0.4, -0.2) is 16.2 Å². The Morgan fingerprint density at radius 3 is 1.43 bits per heavy atom. The largest absolute Gasteiger partial charge is 0.457 e. The summed E-state index contributed by atoms with van der Waals surface area (Å²) < 4.78 is 9.37. The van der Waals surface area contributed by atoms with Crippen molar-refractivity contribution in [3.8, 4) is 17.3 Å². The third-order valence-corrected chi connectivity index (χ3v) is 17.4. The van der Waals surface area contributed by atoms with E-state index < -0.39 is 0 Å². The van der Waals surface area contributed by atoms with Crippen molar-refractivity contribution in [2.75, 3.05) is 16.5 Å². The lowest BCUT2D eigenvalue weighted by molar-refractivity contribution is 0.483. The van der Waals surface area contributed by atoms with Gasteiger partial charge in [0.1, 0.15) is 24.0 Å². The minimum atomic E-state index is -0.347. The summed E-state index contributed by atoms with van der Waals surface area (Å²) >= 11 is 0. The molecule has 0 atom stereocenters. The number of ether oxygens (including phenoxy) is 1. The van der Waals surface area contributed by atoms with Crippen LogP contribution in [-0.2, 0) is 32.5 Å². The fraction of sp³-hybridized carbons (Fsp3) is 0.293. The van der Waals surface area contributed by atoms with E-state index in [1.807, 2.05) is 6.20 Å². The van der Waals surface area contributed by atoms with Gasteiger partial charge in [-0.1, -0.05) is 213 Å². The molecule has 0 spiro atoms. The molecule has 1 aliphatic heterocycles. The Morgan fingerprint density at radius 1 is 0.350 bits per heavy atom. The zero-order valence-corrected chi connectivity index (χ0v) is 50.0. The van der Waals surface area contributed by atoms with Gasteiger partial charge in [-0.25, -0.2) is 4.98 Å². The molecule has 5 heteroatoms. The van der Waals surface area contributed by atoms with Crippen LogP contribution in [0.3, 0.4) is 0 Å². The van der Waals surface area contributed by atoms with Crippen LogP contribution in [0.15, 0.2) is 200 Å². The summed E-state index contributed by atoms with van der Waals surface area (Å²) in [5, 5.41) is 2.37. The lowest BCUT2D eigenvalue weighted by Gasteiger charge is -2.37. The molecule has 0 saturated heterocycles. The van der Waals surface area contributed by atoms with Gasteiger partial charge in [-0.15, -0.1) is 0 Å². The van der Waals surface area contributed by atoms with Crippen LogP contribution in [0.5, 0.6) is 11.5 Å². The number of aromatic nitrogens is 2. The van der Waals surface area contributed by atoms with Gasteiger partial charge in [-0.05, 0) is 139 Å². The Kier molecular flexibility index (Phi) is 13.3. The minimum absolute atomic E-state index is 0.00658. The average Bonchev–Trinajstić information content (AvgIpc) is 4.04. The normalized spacial score (nSPS) is 13.6. The molecule has 0 N–H and O–H groups in total. The average molecular weight is 1050 g/mol. The van der Waals surface area contributed by atoms with Crippen LogP contribution in [0.4, 0.5) is 22.7 Å². The van der Waals surface area contributed by atoms with Gasteiger partial charge in [0, 0.05) is 56.7 Å². The maximum Gasteiger partial charge on any atom is 0.137 e. The summed E-state index contributed by atoms with van der Waals surface area (Å²) in [5.74, 6) is 2.42. The Hall–Kier alpha value is -7.89. The summed E-state index contributed by atoms with van der Waals surface area (Å²) in [6.07, 6.45) is 1.95. The van der Waals surface area contributed by atoms with E-state index in [9.17, 15) is 0 Å². The van der Waals surface area contributed by atoms with Gasteiger partial charge in [0.2, 0.25) is 0 Å². The van der Waals surface area contributed by atoms with Gasteiger partial charge in [-0.3, -0.25) is 4.57 Å². The van der Waals surface area contributed by atoms with Gasteiger partial charge >= 0.3 is 0 Å². The molecule has 0 saturated carbocycles. The zero-order valence-electron chi connectivity index (χ0n) is 50.0. The van der Waals surface area contributed by atoms with Gasteiger partial charge in [0.05, 0.1) is 22.4 Å². The van der Waals surface area contributed by atoms with Crippen molar-refractivity contribution in [2.24, 2.45) is 0 Å². The number of fused-ring (bicyclic) bond motifs is 4. The first kappa shape index (κ1) is 54.1. The molecule has 3 heterocycles. The second kappa shape index (κ2) is 19.7.